The van der Waals surface area contributed by atoms with Crippen molar-refractivity contribution >= 4 is 23.5 Å². The lowest BCUT2D eigenvalue weighted by molar-refractivity contribution is -0.149. The van der Waals surface area contributed by atoms with Gasteiger partial charge < -0.3 is 9.64 Å². The Hall–Kier alpha value is -1.69. The monoisotopic (exact) mass is 331 g/mol. The third kappa shape index (κ3) is 3.55. The van der Waals surface area contributed by atoms with Crippen LogP contribution in [-0.4, -0.2) is 36.5 Å². The van der Waals surface area contributed by atoms with Gasteiger partial charge >= 0.3 is 5.97 Å². The van der Waals surface area contributed by atoms with E-state index in [1.54, 1.807) is 6.92 Å². The van der Waals surface area contributed by atoms with Crippen LogP contribution in [0.5, 0.6) is 0 Å². The van der Waals surface area contributed by atoms with Crippen molar-refractivity contribution in [2.75, 3.05) is 19.7 Å². The second kappa shape index (κ2) is 7.05. The Balaban J connectivity index is 2.15. The number of carbonyl (C=O) groups is 2. The molecule has 1 saturated heterocycles. The van der Waals surface area contributed by atoms with Crippen molar-refractivity contribution in [1.29, 1.82) is 0 Å². The van der Waals surface area contributed by atoms with Crippen molar-refractivity contribution in [2.24, 2.45) is 5.92 Å². The molecule has 1 aromatic carbocycles. The average Bonchev–Trinajstić information content (AvgIpc) is 2.50. The van der Waals surface area contributed by atoms with E-state index in [1.807, 2.05) is 0 Å². The molecular weight excluding hydrogens is 316 g/mol. The van der Waals surface area contributed by atoms with Gasteiger partial charge in [-0.1, -0.05) is 11.6 Å². The number of esters is 1. The molecule has 0 unspecified atom stereocenters. The summed E-state index contributed by atoms with van der Waals surface area (Å²) in [4.78, 5) is 25.6. The first-order chi connectivity index (χ1) is 10.4. The summed E-state index contributed by atoms with van der Waals surface area (Å²) in [6, 6.07) is 1.56. The number of amides is 1. The molecule has 1 atom stereocenters. The molecule has 0 saturated carbocycles. The van der Waals surface area contributed by atoms with E-state index < -0.39 is 23.5 Å². The minimum Gasteiger partial charge on any atom is -0.466 e. The second-order valence-electron chi connectivity index (χ2n) is 5.09. The van der Waals surface area contributed by atoms with Crippen LogP contribution in [0.25, 0.3) is 0 Å². The first-order valence-corrected chi connectivity index (χ1v) is 7.42. The van der Waals surface area contributed by atoms with Crippen LogP contribution in [0.1, 0.15) is 30.1 Å². The van der Waals surface area contributed by atoms with Gasteiger partial charge in [-0.2, -0.15) is 0 Å². The summed E-state index contributed by atoms with van der Waals surface area (Å²) < 4.78 is 31.3. The van der Waals surface area contributed by atoms with Crippen molar-refractivity contribution in [3.63, 3.8) is 0 Å². The van der Waals surface area contributed by atoms with Crippen LogP contribution in [0.2, 0.25) is 5.02 Å². The highest BCUT2D eigenvalue weighted by molar-refractivity contribution is 6.33. The number of ether oxygens (including phenoxy) is 1. The number of nitrogens with zero attached hydrogens (tertiary/aromatic N) is 1. The predicted molar refractivity (Wildman–Crippen MR) is 76.6 cm³/mol. The predicted octanol–water partition coefficient (Wildman–Crippen LogP) is 3.03. The van der Waals surface area contributed by atoms with E-state index in [1.165, 1.54) is 4.90 Å². The maximum absolute atomic E-state index is 13.3. The number of hydrogen-bond acceptors (Lipinski definition) is 3. The lowest BCUT2D eigenvalue weighted by atomic mass is 9.97. The lowest BCUT2D eigenvalue weighted by Crippen LogP contribution is -2.43. The molecule has 0 aromatic heterocycles. The van der Waals surface area contributed by atoms with Crippen molar-refractivity contribution in [1.82, 2.24) is 4.90 Å². The van der Waals surface area contributed by atoms with Crippen molar-refractivity contribution < 1.29 is 23.1 Å². The van der Waals surface area contributed by atoms with Crippen molar-refractivity contribution in [3.05, 3.63) is 34.4 Å². The molecule has 1 aliphatic rings. The molecular formula is C15H16ClF2NO3. The highest BCUT2D eigenvalue weighted by Crippen LogP contribution is 2.25. The Morgan fingerprint density at radius 1 is 1.36 bits per heavy atom. The first kappa shape index (κ1) is 16.7. The van der Waals surface area contributed by atoms with Gasteiger partial charge in [0.25, 0.3) is 5.91 Å². The summed E-state index contributed by atoms with van der Waals surface area (Å²) in [7, 11) is 0. The van der Waals surface area contributed by atoms with Gasteiger partial charge in [0.1, 0.15) is 0 Å². The van der Waals surface area contributed by atoms with Gasteiger partial charge in [-0.3, -0.25) is 9.59 Å². The molecule has 0 radical (unpaired) electrons. The molecule has 1 aromatic rings. The lowest BCUT2D eigenvalue weighted by Gasteiger charge is -2.31. The molecule has 0 bridgehead atoms. The summed E-state index contributed by atoms with van der Waals surface area (Å²) in [5, 5.41) is -0.151. The topological polar surface area (TPSA) is 46.6 Å². The first-order valence-electron chi connectivity index (χ1n) is 7.04. The van der Waals surface area contributed by atoms with E-state index in [0.29, 0.717) is 19.4 Å². The molecule has 120 valence electrons. The quantitative estimate of drug-likeness (QED) is 0.632. The number of rotatable bonds is 3. The van der Waals surface area contributed by atoms with Crippen molar-refractivity contribution in [3.8, 4) is 0 Å². The number of piperidine rings is 1. The molecule has 0 N–H and O–H groups in total. The van der Waals surface area contributed by atoms with E-state index >= 15 is 0 Å². The van der Waals surface area contributed by atoms with Crippen LogP contribution in [-0.2, 0) is 9.53 Å². The van der Waals surface area contributed by atoms with Gasteiger partial charge in [-0.25, -0.2) is 8.78 Å². The van der Waals surface area contributed by atoms with Gasteiger partial charge in [-0.05, 0) is 31.9 Å². The minimum atomic E-state index is -1.13. The molecule has 7 heteroatoms. The zero-order chi connectivity index (χ0) is 16.3. The molecule has 1 aliphatic heterocycles. The summed E-state index contributed by atoms with van der Waals surface area (Å²) in [6.07, 6.45) is 1.27. The van der Waals surface area contributed by atoms with Crippen LogP contribution in [0.15, 0.2) is 12.1 Å². The number of halogens is 3. The molecule has 1 heterocycles. The van der Waals surface area contributed by atoms with Crippen LogP contribution in [0, 0.1) is 17.6 Å². The van der Waals surface area contributed by atoms with Gasteiger partial charge in [0.05, 0.1) is 23.1 Å². The molecule has 1 fully saturated rings. The maximum atomic E-state index is 13.3. The SMILES string of the molecule is CCOC(=O)[C@@H]1CCCN(C(=O)c2cc(F)c(F)cc2Cl)C1. The Labute approximate surface area is 132 Å². The van der Waals surface area contributed by atoms with E-state index in [0.717, 1.165) is 12.1 Å². The summed E-state index contributed by atoms with van der Waals surface area (Å²) in [5.41, 5.74) is -0.106. The van der Waals surface area contributed by atoms with Crippen LogP contribution in [0.3, 0.4) is 0 Å². The third-order valence-corrected chi connectivity index (χ3v) is 3.88. The normalized spacial score (nSPS) is 18.2. The summed E-state index contributed by atoms with van der Waals surface area (Å²) in [5.74, 6) is -3.51. The summed E-state index contributed by atoms with van der Waals surface area (Å²) >= 11 is 5.82. The van der Waals surface area contributed by atoms with Gasteiger partial charge in [0.15, 0.2) is 11.6 Å². The standard InChI is InChI=1S/C15H16ClF2NO3/c1-2-22-15(21)9-4-3-5-19(8-9)14(20)10-6-12(17)13(18)7-11(10)16/h6-7,9H,2-5,8H2,1H3/t9-/m1/s1. The average molecular weight is 332 g/mol. The maximum Gasteiger partial charge on any atom is 0.310 e. The zero-order valence-electron chi connectivity index (χ0n) is 12.1. The number of hydrogen-bond donors (Lipinski definition) is 0. The van der Waals surface area contributed by atoms with E-state index in [-0.39, 0.29) is 29.7 Å². The van der Waals surface area contributed by atoms with E-state index in [4.69, 9.17) is 16.3 Å². The highest BCUT2D eigenvalue weighted by Gasteiger charge is 2.30. The van der Waals surface area contributed by atoms with Crippen molar-refractivity contribution in [2.45, 2.75) is 19.8 Å². The molecule has 4 nitrogen and oxygen atoms in total. The van der Waals surface area contributed by atoms with E-state index in [9.17, 15) is 18.4 Å². The molecule has 2 rings (SSSR count). The highest BCUT2D eigenvalue weighted by atomic mass is 35.5. The Bertz CT molecular complexity index is 594. The third-order valence-electron chi connectivity index (χ3n) is 3.57. The molecule has 0 spiro atoms. The number of carbonyl (C=O) groups excluding carboxylic acids is 2. The smallest absolute Gasteiger partial charge is 0.310 e. The molecule has 0 aliphatic carbocycles. The number of benzene rings is 1. The molecule has 1 amide bonds. The van der Waals surface area contributed by atoms with Crippen LogP contribution < -0.4 is 0 Å². The van der Waals surface area contributed by atoms with Gasteiger partial charge in [0, 0.05) is 13.1 Å². The van der Waals surface area contributed by atoms with E-state index in [2.05, 4.69) is 0 Å². The fourth-order valence-electron chi connectivity index (χ4n) is 2.47. The minimum absolute atomic E-state index is 0.106. The van der Waals surface area contributed by atoms with Crippen LogP contribution in [0.4, 0.5) is 8.78 Å². The van der Waals surface area contributed by atoms with Gasteiger partial charge in [0.2, 0.25) is 0 Å². The Kier molecular flexibility index (Phi) is 5.34. The second-order valence-corrected chi connectivity index (χ2v) is 5.50. The largest absolute Gasteiger partial charge is 0.466 e. The Morgan fingerprint density at radius 2 is 2.05 bits per heavy atom. The molecule has 22 heavy (non-hydrogen) atoms. The summed E-state index contributed by atoms with van der Waals surface area (Å²) in [6.45, 7) is 2.61. The fourth-order valence-corrected chi connectivity index (χ4v) is 2.70. The zero-order valence-corrected chi connectivity index (χ0v) is 12.8. The fraction of sp³-hybridized carbons (Fsp3) is 0.467. The number of likely N-dealkylation sites (tertiary alicyclic amines) is 1. The Morgan fingerprint density at radius 3 is 2.73 bits per heavy atom. The van der Waals surface area contributed by atoms with Gasteiger partial charge in [-0.15, -0.1) is 0 Å². The van der Waals surface area contributed by atoms with Crippen LogP contribution >= 0.6 is 11.6 Å².